The first-order chi connectivity index (χ1) is 9.69. The number of aryl methyl sites for hydroxylation is 1. The van der Waals surface area contributed by atoms with Crippen LogP contribution in [-0.4, -0.2) is 30.3 Å². The van der Waals surface area contributed by atoms with Gasteiger partial charge in [0, 0.05) is 12.2 Å². The standard InChI is InChI=1S/C16H26N2O2/c1-4-9-17-10-15-16(8-5-12(2)18-15)19-11-14-7-6-13(3)20-14/h5,8,13-14,17H,4,6-7,9-11H2,1-3H3. The highest BCUT2D eigenvalue weighted by Gasteiger charge is 2.22. The Balaban J connectivity index is 1.91. The van der Waals surface area contributed by atoms with Crippen molar-refractivity contribution in [1.82, 2.24) is 10.3 Å². The third kappa shape index (κ3) is 4.46. The summed E-state index contributed by atoms with van der Waals surface area (Å²) in [6.45, 7) is 8.66. The van der Waals surface area contributed by atoms with E-state index in [9.17, 15) is 0 Å². The normalized spacial score (nSPS) is 22.1. The molecule has 0 radical (unpaired) electrons. The van der Waals surface area contributed by atoms with E-state index in [1.54, 1.807) is 0 Å². The molecule has 0 spiro atoms. The lowest BCUT2D eigenvalue weighted by molar-refractivity contribution is 0.0261. The molecular weight excluding hydrogens is 252 g/mol. The molecule has 2 heterocycles. The van der Waals surface area contributed by atoms with Gasteiger partial charge in [-0.1, -0.05) is 6.92 Å². The number of pyridine rings is 1. The average Bonchev–Trinajstić information content (AvgIpc) is 2.84. The maximum atomic E-state index is 5.93. The van der Waals surface area contributed by atoms with Crippen LogP contribution in [-0.2, 0) is 11.3 Å². The van der Waals surface area contributed by atoms with Crippen molar-refractivity contribution in [2.75, 3.05) is 13.2 Å². The number of ether oxygens (including phenoxy) is 2. The van der Waals surface area contributed by atoms with Crippen molar-refractivity contribution in [2.24, 2.45) is 0 Å². The van der Waals surface area contributed by atoms with E-state index in [4.69, 9.17) is 9.47 Å². The molecule has 0 saturated carbocycles. The Kier molecular flexibility index (Phi) is 5.80. The monoisotopic (exact) mass is 278 g/mol. The maximum Gasteiger partial charge on any atom is 0.142 e. The molecule has 4 heteroatoms. The lowest BCUT2D eigenvalue weighted by Gasteiger charge is -2.15. The summed E-state index contributed by atoms with van der Waals surface area (Å²) in [7, 11) is 0. The fourth-order valence-electron chi connectivity index (χ4n) is 2.43. The summed E-state index contributed by atoms with van der Waals surface area (Å²) in [4.78, 5) is 4.58. The van der Waals surface area contributed by atoms with Gasteiger partial charge in [-0.05, 0) is 51.8 Å². The van der Waals surface area contributed by atoms with Crippen molar-refractivity contribution in [2.45, 2.75) is 58.8 Å². The molecule has 112 valence electrons. The number of nitrogens with zero attached hydrogens (tertiary/aromatic N) is 1. The predicted molar refractivity (Wildman–Crippen MR) is 80.0 cm³/mol. The molecule has 1 aromatic heterocycles. The lowest BCUT2D eigenvalue weighted by atomic mass is 10.2. The smallest absolute Gasteiger partial charge is 0.142 e. The quantitative estimate of drug-likeness (QED) is 0.779. The van der Waals surface area contributed by atoms with Crippen molar-refractivity contribution in [3.05, 3.63) is 23.5 Å². The van der Waals surface area contributed by atoms with Crippen molar-refractivity contribution >= 4 is 0 Å². The largest absolute Gasteiger partial charge is 0.489 e. The van der Waals surface area contributed by atoms with Gasteiger partial charge in [-0.25, -0.2) is 0 Å². The fourth-order valence-corrected chi connectivity index (χ4v) is 2.43. The van der Waals surface area contributed by atoms with Crippen LogP contribution in [0.4, 0.5) is 0 Å². The summed E-state index contributed by atoms with van der Waals surface area (Å²) in [6, 6.07) is 4.01. The Morgan fingerprint density at radius 1 is 1.40 bits per heavy atom. The minimum atomic E-state index is 0.225. The molecule has 1 fully saturated rings. The van der Waals surface area contributed by atoms with Crippen molar-refractivity contribution in [3.8, 4) is 5.75 Å². The van der Waals surface area contributed by atoms with Gasteiger partial charge < -0.3 is 14.8 Å². The molecular formula is C16H26N2O2. The topological polar surface area (TPSA) is 43.4 Å². The molecule has 0 bridgehead atoms. The third-order valence-corrected chi connectivity index (χ3v) is 3.54. The van der Waals surface area contributed by atoms with E-state index in [0.717, 1.165) is 49.5 Å². The fraction of sp³-hybridized carbons (Fsp3) is 0.688. The summed E-state index contributed by atoms with van der Waals surface area (Å²) in [5.41, 5.74) is 2.01. The zero-order valence-electron chi connectivity index (χ0n) is 12.8. The van der Waals surface area contributed by atoms with E-state index < -0.39 is 0 Å². The second-order valence-electron chi connectivity index (χ2n) is 5.53. The second-order valence-corrected chi connectivity index (χ2v) is 5.53. The number of rotatable bonds is 7. The van der Waals surface area contributed by atoms with Crippen LogP contribution in [0.2, 0.25) is 0 Å². The summed E-state index contributed by atoms with van der Waals surface area (Å²) in [5.74, 6) is 0.877. The second kappa shape index (κ2) is 7.60. The summed E-state index contributed by atoms with van der Waals surface area (Å²) in [5, 5.41) is 3.38. The lowest BCUT2D eigenvalue weighted by Crippen LogP contribution is -2.20. The Bertz CT molecular complexity index is 423. The van der Waals surface area contributed by atoms with Crippen molar-refractivity contribution < 1.29 is 9.47 Å². The number of hydrogen-bond donors (Lipinski definition) is 1. The molecule has 0 amide bonds. The predicted octanol–water partition coefficient (Wildman–Crippen LogP) is 2.84. The molecule has 0 aromatic carbocycles. The van der Waals surface area contributed by atoms with Gasteiger partial charge in [0.2, 0.25) is 0 Å². The molecule has 1 N–H and O–H groups in total. The Hall–Kier alpha value is -1.13. The van der Waals surface area contributed by atoms with E-state index in [0.29, 0.717) is 12.7 Å². The van der Waals surface area contributed by atoms with Crippen molar-refractivity contribution in [1.29, 1.82) is 0 Å². The number of aromatic nitrogens is 1. The van der Waals surface area contributed by atoms with Gasteiger partial charge in [-0.15, -0.1) is 0 Å². The van der Waals surface area contributed by atoms with Crippen LogP contribution in [0, 0.1) is 6.92 Å². The molecule has 1 saturated heterocycles. The summed E-state index contributed by atoms with van der Waals surface area (Å²) < 4.78 is 11.7. The Morgan fingerprint density at radius 2 is 2.25 bits per heavy atom. The van der Waals surface area contributed by atoms with Gasteiger partial charge in [0.15, 0.2) is 0 Å². The first-order valence-electron chi connectivity index (χ1n) is 7.64. The SMILES string of the molecule is CCCNCc1nc(C)ccc1OCC1CCC(C)O1. The molecule has 1 aliphatic rings. The van der Waals surface area contributed by atoms with E-state index >= 15 is 0 Å². The van der Waals surface area contributed by atoms with Gasteiger partial charge in [0.25, 0.3) is 0 Å². The molecule has 1 aromatic rings. The van der Waals surface area contributed by atoms with Gasteiger partial charge in [-0.2, -0.15) is 0 Å². The van der Waals surface area contributed by atoms with E-state index in [1.807, 2.05) is 19.1 Å². The molecule has 2 atom stereocenters. The zero-order valence-corrected chi connectivity index (χ0v) is 12.8. The van der Waals surface area contributed by atoms with Crippen LogP contribution in [0.3, 0.4) is 0 Å². The van der Waals surface area contributed by atoms with Gasteiger partial charge in [0.1, 0.15) is 12.4 Å². The van der Waals surface area contributed by atoms with Gasteiger partial charge in [-0.3, -0.25) is 4.98 Å². The van der Waals surface area contributed by atoms with Gasteiger partial charge >= 0.3 is 0 Å². The maximum absolute atomic E-state index is 5.93. The molecule has 2 unspecified atom stereocenters. The third-order valence-electron chi connectivity index (χ3n) is 3.54. The Morgan fingerprint density at radius 3 is 2.95 bits per heavy atom. The first kappa shape index (κ1) is 15.3. The highest BCUT2D eigenvalue weighted by molar-refractivity contribution is 5.29. The minimum absolute atomic E-state index is 0.225. The van der Waals surface area contributed by atoms with E-state index in [-0.39, 0.29) is 6.10 Å². The molecule has 0 aliphatic carbocycles. The van der Waals surface area contributed by atoms with Crippen LogP contribution in [0.5, 0.6) is 5.75 Å². The number of nitrogens with one attached hydrogen (secondary N) is 1. The molecule has 4 nitrogen and oxygen atoms in total. The van der Waals surface area contributed by atoms with Crippen LogP contribution < -0.4 is 10.1 Å². The molecule has 1 aliphatic heterocycles. The van der Waals surface area contributed by atoms with Crippen LogP contribution in [0.15, 0.2) is 12.1 Å². The molecule has 2 rings (SSSR count). The Labute approximate surface area is 121 Å². The van der Waals surface area contributed by atoms with E-state index in [1.165, 1.54) is 0 Å². The van der Waals surface area contributed by atoms with E-state index in [2.05, 4.69) is 24.1 Å². The van der Waals surface area contributed by atoms with Crippen LogP contribution in [0.25, 0.3) is 0 Å². The summed E-state index contributed by atoms with van der Waals surface area (Å²) >= 11 is 0. The van der Waals surface area contributed by atoms with Gasteiger partial charge in [0.05, 0.1) is 17.9 Å². The average molecular weight is 278 g/mol. The summed E-state index contributed by atoms with van der Waals surface area (Å²) in [6.07, 6.45) is 3.93. The first-order valence-corrected chi connectivity index (χ1v) is 7.64. The van der Waals surface area contributed by atoms with Crippen LogP contribution >= 0.6 is 0 Å². The van der Waals surface area contributed by atoms with Crippen LogP contribution in [0.1, 0.15) is 44.5 Å². The number of hydrogen-bond acceptors (Lipinski definition) is 4. The highest BCUT2D eigenvalue weighted by Crippen LogP contribution is 2.22. The van der Waals surface area contributed by atoms with Crippen molar-refractivity contribution in [3.63, 3.8) is 0 Å². The highest BCUT2D eigenvalue weighted by atomic mass is 16.5. The molecule has 20 heavy (non-hydrogen) atoms. The minimum Gasteiger partial charge on any atom is -0.489 e. The zero-order chi connectivity index (χ0) is 14.4.